The van der Waals surface area contributed by atoms with E-state index in [0.717, 1.165) is 30.3 Å². The Hall–Kier alpha value is -5.25. The molecule has 6 rings (SSSR count). The number of aliphatic hydroxyl groups is 5. The molecule has 19 heteroatoms. The molecule has 0 saturated carbocycles. The average Bonchev–Trinajstić information content (AvgIpc) is 3.11. The van der Waals surface area contributed by atoms with Gasteiger partial charge in [-0.3, -0.25) is 0 Å². The Labute approximate surface area is 298 Å². The molecule has 0 bridgehead atoms. The molecular weight excluding hydrogens is 712 g/mol. The number of hydrogen-bond donors (Lipinski definition) is 12. The summed E-state index contributed by atoms with van der Waals surface area (Å²) in [6.45, 7) is 0.743. The van der Waals surface area contributed by atoms with E-state index in [1.807, 2.05) is 0 Å². The van der Waals surface area contributed by atoms with Gasteiger partial charge in [0.15, 0.2) is 47.2 Å². The van der Waals surface area contributed by atoms with Crippen molar-refractivity contribution in [1.29, 1.82) is 0 Å². The zero-order valence-corrected chi connectivity index (χ0v) is 27.4. The number of aliphatic hydroxyl groups excluding tert-OH is 5. The minimum absolute atomic E-state index is 0.0183. The molecule has 0 aromatic heterocycles. The highest BCUT2D eigenvalue weighted by Gasteiger charge is 2.50. The minimum Gasteiger partial charge on any atom is -0.508 e. The molecule has 2 saturated heterocycles. The molecule has 3 aliphatic rings. The van der Waals surface area contributed by atoms with Crippen LogP contribution in [0.4, 0.5) is 0 Å². The molecule has 3 aromatic carbocycles. The van der Waals surface area contributed by atoms with E-state index < -0.39 is 120 Å². The van der Waals surface area contributed by atoms with Crippen LogP contribution < -0.4 is 4.74 Å². The Kier molecular flexibility index (Phi) is 10.4. The summed E-state index contributed by atoms with van der Waals surface area (Å²) < 4.78 is 34.5. The molecule has 0 aliphatic carbocycles. The van der Waals surface area contributed by atoms with Crippen molar-refractivity contribution in [2.75, 3.05) is 6.61 Å². The van der Waals surface area contributed by atoms with E-state index in [2.05, 4.69) is 0 Å². The second kappa shape index (κ2) is 14.6. The molecule has 12 N–H and O–H groups in total. The lowest BCUT2D eigenvalue weighted by atomic mass is 9.97. The van der Waals surface area contributed by atoms with Crippen molar-refractivity contribution in [3.63, 3.8) is 0 Å². The Morgan fingerprint density at radius 3 is 2.09 bits per heavy atom. The standard InChI is InChI=1S/C34H36O19/c1-11-24(41)27(44)29(46)33(49-11)48-10-23-26(43)28(45)31(53-32(47)13-5-19(39)25(42)20(40)6-13)34(52-23)51-22-9-15-17(37)7-14(35)8-21(15)50-30(22)12-2-3-16(36)18(38)4-12/h2-9,11,23-24,26-31,33-46H,10H2,1H3/t11-,23-,24-,26-,27+,28+,29-,30?,31-,33-,34-/m0/s1. The number of hydrogen-bond acceptors (Lipinski definition) is 19. The molecule has 286 valence electrons. The zero-order valence-electron chi connectivity index (χ0n) is 27.4. The number of carbonyl (C=O) groups is 1. The van der Waals surface area contributed by atoms with E-state index in [9.17, 15) is 66.1 Å². The van der Waals surface area contributed by atoms with Crippen molar-refractivity contribution in [2.24, 2.45) is 0 Å². The lowest BCUT2D eigenvalue weighted by Gasteiger charge is -2.44. The first-order valence-corrected chi connectivity index (χ1v) is 16.0. The number of benzene rings is 3. The number of phenolic OH excluding ortho intramolecular Hbond substituents is 7. The summed E-state index contributed by atoms with van der Waals surface area (Å²) in [6.07, 6.45) is -16.9. The molecule has 53 heavy (non-hydrogen) atoms. The van der Waals surface area contributed by atoms with Crippen LogP contribution in [-0.4, -0.2) is 135 Å². The fourth-order valence-electron chi connectivity index (χ4n) is 5.93. The van der Waals surface area contributed by atoms with E-state index in [4.69, 9.17) is 28.4 Å². The SMILES string of the molecule is C[C@@H]1O[C@H](OC[C@@H]2O[C@H](OC3=Cc4c(O)cc(O)cc4OC3c3ccc(O)c(O)c3)[C@@H](OC(=O)c3cc(O)c(O)c(O)c3)[C@H](O)[C@H]2O)[C@@H](O)[C@H](O)[C@H]1O. The van der Waals surface area contributed by atoms with Gasteiger partial charge in [0, 0.05) is 17.7 Å². The molecular formula is C34H36O19. The van der Waals surface area contributed by atoms with Crippen LogP contribution in [0.3, 0.4) is 0 Å². The summed E-state index contributed by atoms with van der Waals surface area (Å²) in [4.78, 5) is 13.3. The van der Waals surface area contributed by atoms with Gasteiger partial charge < -0.3 is 89.7 Å². The van der Waals surface area contributed by atoms with Crippen LogP contribution in [0.2, 0.25) is 0 Å². The van der Waals surface area contributed by atoms with Crippen LogP contribution in [-0.2, 0) is 23.7 Å². The largest absolute Gasteiger partial charge is 0.508 e. The highest BCUT2D eigenvalue weighted by molar-refractivity contribution is 5.91. The van der Waals surface area contributed by atoms with Gasteiger partial charge in [-0.1, -0.05) is 6.07 Å². The fraction of sp³-hybridized carbons (Fsp3) is 0.382. The molecule has 19 nitrogen and oxygen atoms in total. The molecule has 1 unspecified atom stereocenters. The number of esters is 1. The lowest BCUT2D eigenvalue weighted by Crippen LogP contribution is -2.62. The Morgan fingerprint density at radius 2 is 1.42 bits per heavy atom. The average molecular weight is 749 g/mol. The molecule has 0 spiro atoms. The first-order valence-electron chi connectivity index (χ1n) is 16.0. The monoisotopic (exact) mass is 748 g/mol. The quantitative estimate of drug-likeness (QED) is 0.103. The number of rotatable bonds is 8. The molecule has 3 aromatic rings. The molecule has 0 amide bonds. The number of carbonyl (C=O) groups excluding carboxylic acids is 1. The fourth-order valence-corrected chi connectivity index (χ4v) is 5.93. The van der Waals surface area contributed by atoms with E-state index in [1.165, 1.54) is 25.1 Å². The van der Waals surface area contributed by atoms with Crippen molar-refractivity contribution in [1.82, 2.24) is 0 Å². The maximum absolute atomic E-state index is 13.3. The molecule has 3 aliphatic heterocycles. The topological polar surface area (TPSA) is 315 Å². The van der Waals surface area contributed by atoms with E-state index in [0.29, 0.717) is 0 Å². The number of ether oxygens (including phenoxy) is 6. The van der Waals surface area contributed by atoms with Crippen LogP contribution in [0.15, 0.2) is 48.2 Å². The maximum atomic E-state index is 13.3. The zero-order chi connectivity index (χ0) is 38.5. The third-order valence-corrected chi connectivity index (χ3v) is 8.88. The second-order valence-electron chi connectivity index (χ2n) is 12.6. The van der Waals surface area contributed by atoms with Crippen LogP contribution in [0.5, 0.6) is 46.0 Å². The van der Waals surface area contributed by atoms with Crippen molar-refractivity contribution in [2.45, 2.75) is 74.4 Å². The van der Waals surface area contributed by atoms with Crippen LogP contribution in [0, 0.1) is 0 Å². The summed E-state index contributed by atoms with van der Waals surface area (Å²) in [7, 11) is 0. The summed E-state index contributed by atoms with van der Waals surface area (Å²) in [6, 6.07) is 7.26. The smallest absolute Gasteiger partial charge is 0.339 e. The molecule has 11 atom stereocenters. The summed E-state index contributed by atoms with van der Waals surface area (Å²) >= 11 is 0. The normalized spacial score (nSPS) is 31.1. The summed E-state index contributed by atoms with van der Waals surface area (Å²) in [5.74, 6) is -6.22. The van der Waals surface area contributed by atoms with Gasteiger partial charge in [0.25, 0.3) is 0 Å². The highest BCUT2D eigenvalue weighted by Crippen LogP contribution is 2.46. The van der Waals surface area contributed by atoms with Crippen molar-refractivity contribution in [3.8, 4) is 46.0 Å². The van der Waals surface area contributed by atoms with Gasteiger partial charge in [-0.15, -0.1) is 0 Å². The minimum atomic E-state index is -2.05. The van der Waals surface area contributed by atoms with E-state index in [-0.39, 0.29) is 28.4 Å². The third-order valence-electron chi connectivity index (χ3n) is 8.88. The van der Waals surface area contributed by atoms with Gasteiger partial charge in [-0.25, -0.2) is 4.79 Å². The van der Waals surface area contributed by atoms with Crippen molar-refractivity contribution in [3.05, 3.63) is 64.9 Å². The van der Waals surface area contributed by atoms with Crippen LogP contribution in [0.1, 0.15) is 34.5 Å². The Bertz CT molecular complexity index is 1860. The van der Waals surface area contributed by atoms with Gasteiger partial charge in [0.05, 0.1) is 23.8 Å². The molecule has 3 heterocycles. The predicted octanol–water partition coefficient (Wildman–Crippen LogP) is -0.367. The predicted molar refractivity (Wildman–Crippen MR) is 172 cm³/mol. The Balaban J connectivity index is 1.35. The van der Waals surface area contributed by atoms with Gasteiger partial charge >= 0.3 is 5.97 Å². The number of aromatic hydroxyl groups is 7. The van der Waals surface area contributed by atoms with Gasteiger partial charge in [0.2, 0.25) is 6.29 Å². The first-order chi connectivity index (χ1) is 25.0. The highest BCUT2D eigenvalue weighted by atomic mass is 16.7. The Morgan fingerprint density at radius 1 is 0.717 bits per heavy atom. The second-order valence-corrected chi connectivity index (χ2v) is 12.6. The number of fused-ring (bicyclic) bond motifs is 1. The number of phenols is 7. The molecule has 2 fully saturated rings. The van der Waals surface area contributed by atoms with Gasteiger partial charge in [-0.05, 0) is 37.3 Å². The third kappa shape index (κ3) is 7.36. The lowest BCUT2D eigenvalue weighted by molar-refractivity contribution is -0.324. The van der Waals surface area contributed by atoms with Crippen LogP contribution in [0.25, 0.3) is 6.08 Å². The molecule has 0 radical (unpaired) electrons. The first kappa shape index (κ1) is 37.5. The summed E-state index contributed by atoms with van der Waals surface area (Å²) in [5.41, 5.74) is -0.397. The van der Waals surface area contributed by atoms with E-state index in [1.54, 1.807) is 0 Å². The van der Waals surface area contributed by atoms with E-state index >= 15 is 0 Å². The maximum Gasteiger partial charge on any atom is 0.339 e. The van der Waals surface area contributed by atoms with Crippen molar-refractivity contribution >= 4 is 12.0 Å². The van der Waals surface area contributed by atoms with Gasteiger partial charge in [-0.2, -0.15) is 0 Å². The van der Waals surface area contributed by atoms with Gasteiger partial charge in [0.1, 0.15) is 59.6 Å². The summed E-state index contributed by atoms with van der Waals surface area (Å²) in [5, 5.41) is 124. The van der Waals surface area contributed by atoms with Crippen molar-refractivity contribution < 1.29 is 94.5 Å². The van der Waals surface area contributed by atoms with Crippen LogP contribution >= 0.6 is 0 Å².